The minimum absolute atomic E-state index is 0.370. The molecule has 112 valence electrons. The SMILES string of the molecule is CB(c1ccccc1I)c1cccc2c3ccccc3n(C)c12. The normalized spacial score (nSPS) is 11.3. The van der Waals surface area contributed by atoms with Crippen molar-refractivity contribution in [1.82, 2.24) is 4.57 Å². The van der Waals surface area contributed by atoms with Crippen LogP contribution in [0.1, 0.15) is 0 Å². The molecule has 0 amide bonds. The summed E-state index contributed by atoms with van der Waals surface area (Å²) in [5.41, 5.74) is 5.43. The van der Waals surface area contributed by atoms with Crippen LogP contribution in [0, 0.1) is 3.57 Å². The molecule has 1 aromatic heterocycles. The van der Waals surface area contributed by atoms with Crippen molar-refractivity contribution < 1.29 is 0 Å². The Bertz CT molecular complexity index is 1020. The fraction of sp³-hybridized carbons (Fsp3) is 0.100. The molecule has 0 radical (unpaired) electrons. The van der Waals surface area contributed by atoms with Gasteiger partial charge >= 0.3 is 0 Å². The van der Waals surface area contributed by atoms with Gasteiger partial charge in [0.05, 0.1) is 0 Å². The van der Waals surface area contributed by atoms with Crippen LogP contribution in [0.3, 0.4) is 0 Å². The Balaban J connectivity index is 2.03. The van der Waals surface area contributed by atoms with Crippen LogP contribution in [0.4, 0.5) is 0 Å². The molecule has 4 aromatic rings. The van der Waals surface area contributed by atoms with Crippen molar-refractivity contribution in [2.45, 2.75) is 6.82 Å². The summed E-state index contributed by atoms with van der Waals surface area (Å²) < 4.78 is 3.67. The molecule has 23 heavy (non-hydrogen) atoms. The summed E-state index contributed by atoms with van der Waals surface area (Å²) in [4.78, 5) is 0. The fourth-order valence-electron chi connectivity index (χ4n) is 3.61. The summed E-state index contributed by atoms with van der Waals surface area (Å²) in [5.74, 6) is 0. The third-order valence-corrected chi connectivity index (χ3v) is 5.78. The molecule has 4 rings (SSSR count). The smallest absolute Gasteiger partial charge is 0.210 e. The van der Waals surface area contributed by atoms with Gasteiger partial charge in [0.15, 0.2) is 0 Å². The maximum absolute atomic E-state index is 2.44. The van der Waals surface area contributed by atoms with Gasteiger partial charge in [0.25, 0.3) is 0 Å². The second-order valence-electron chi connectivity index (χ2n) is 6.06. The van der Waals surface area contributed by atoms with E-state index in [4.69, 9.17) is 0 Å². The number of fused-ring (bicyclic) bond motifs is 3. The first-order valence-electron chi connectivity index (χ1n) is 7.89. The highest BCUT2D eigenvalue weighted by atomic mass is 127. The first kappa shape index (κ1) is 14.8. The van der Waals surface area contributed by atoms with E-state index in [-0.39, 0.29) is 0 Å². The highest BCUT2D eigenvalue weighted by Crippen LogP contribution is 2.26. The van der Waals surface area contributed by atoms with Gasteiger partial charge in [-0.2, -0.15) is 0 Å². The van der Waals surface area contributed by atoms with Crippen molar-refractivity contribution in [3.63, 3.8) is 0 Å². The van der Waals surface area contributed by atoms with Crippen LogP contribution in [0.5, 0.6) is 0 Å². The minimum Gasteiger partial charge on any atom is -0.344 e. The van der Waals surface area contributed by atoms with E-state index in [1.165, 1.54) is 36.3 Å². The quantitative estimate of drug-likeness (QED) is 0.346. The molecule has 0 aliphatic carbocycles. The molecule has 0 spiro atoms. The Labute approximate surface area is 150 Å². The number of aromatic nitrogens is 1. The van der Waals surface area contributed by atoms with Crippen LogP contribution in [0.25, 0.3) is 21.8 Å². The maximum Gasteiger partial charge on any atom is 0.210 e. The number of benzene rings is 3. The summed E-state index contributed by atoms with van der Waals surface area (Å²) in [6, 6.07) is 24.0. The summed E-state index contributed by atoms with van der Waals surface area (Å²) >= 11 is 2.44. The van der Waals surface area contributed by atoms with Crippen LogP contribution in [-0.4, -0.2) is 11.3 Å². The number of aryl methyl sites for hydroxylation is 1. The van der Waals surface area contributed by atoms with E-state index < -0.39 is 0 Å². The number of hydrogen-bond acceptors (Lipinski definition) is 0. The Kier molecular flexibility index (Phi) is 3.68. The van der Waals surface area contributed by atoms with Gasteiger partial charge in [-0.25, -0.2) is 0 Å². The van der Waals surface area contributed by atoms with E-state index in [1.54, 1.807) is 0 Å². The zero-order chi connectivity index (χ0) is 16.0. The molecule has 0 atom stereocenters. The standard InChI is InChI=1S/C20H17BIN/c1-21(16-10-4-5-12-18(16)22)17-11-7-9-15-14-8-3-6-13-19(14)23(2)20(15)17/h3-13H,1-2H3. The highest BCUT2D eigenvalue weighted by molar-refractivity contribution is 14.1. The van der Waals surface area contributed by atoms with Gasteiger partial charge in [-0.3, -0.25) is 0 Å². The molecule has 0 aliphatic heterocycles. The Morgan fingerprint density at radius 2 is 1.43 bits per heavy atom. The molecule has 0 unspecified atom stereocenters. The van der Waals surface area contributed by atoms with Gasteiger partial charge in [0.1, 0.15) is 0 Å². The van der Waals surface area contributed by atoms with Crippen molar-refractivity contribution in [2.24, 2.45) is 7.05 Å². The van der Waals surface area contributed by atoms with Gasteiger partial charge in [-0.05, 0) is 34.7 Å². The van der Waals surface area contributed by atoms with Crippen LogP contribution in [0.2, 0.25) is 6.82 Å². The first-order chi connectivity index (χ1) is 11.2. The van der Waals surface area contributed by atoms with E-state index >= 15 is 0 Å². The van der Waals surface area contributed by atoms with Crippen molar-refractivity contribution in [1.29, 1.82) is 0 Å². The van der Waals surface area contributed by atoms with Crippen LogP contribution in [-0.2, 0) is 7.05 Å². The molecule has 3 aromatic carbocycles. The predicted molar refractivity (Wildman–Crippen MR) is 110 cm³/mol. The van der Waals surface area contributed by atoms with E-state index in [0.29, 0.717) is 6.71 Å². The molecule has 3 heteroatoms. The topological polar surface area (TPSA) is 4.93 Å². The number of halogens is 1. The monoisotopic (exact) mass is 409 g/mol. The lowest BCUT2D eigenvalue weighted by Gasteiger charge is -2.14. The Morgan fingerprint density at radius 1 is 0.783 bits per heavy atom. The molecule has 0 saturated carbocycles. The molecule has 0 fully saturated rings. The predicted octanol–water partition coefficient (Wildman–Crippen LogP) is 4.17. The first-order valence-corrected chi connectivity index (χ1v) is 8.97. The largest absolute Gasteiger partial charge is 0.344 e. The van der Waals surface area contributed by atoms with Crippen molar-refractivity contribution in [3.05, 3.63) is 70.3 Å². The number of rotatable bonds is 2. The second kappa shape index (κ2) is 5.71. The Morgan fingerprint density at radius 3 is 2.26 bits per heavy atom. The van der Waals surface area contributed by atoms with E-state index in [9.17, 15) is 0 Å². The second-order valence-corrected chi connectivity index (χ2v) is 7.22. The number of para-hydroxylation sites is 2. The lowest BCUT2D eigenvalue weighted by molar-refractivity contribution is 1.02. The van der Waals surface area contributed by atoms with Gasteiger partial charge in [0.2, 0.25) is 6.71 Å². The van der Waals surface area contributed by atoms with Gasteiger partial charge in [0, 0.05) is 32.4 Å². The highest BCUT2D eigenvalue weighted by Gasteiger charge is 2.20. The fourth-order valence-corrected chi connectivity index (χ4v) is 4.47. The molecule has 1 heterocycles. The molecule has 0 aliphatic rings. The summed E-state index contributed by atoms with van der Waals surface area (Å²) in [6.07, 6.45) is 0. The van der Waals surface area contributed by atoms with Crippen molar-refractivity contribution in [2.75, 3.05) is 0 Å². The molecule has 0 N–H and O–H groups in total. The molecular formula is C20H17BIN. The molecule has 0 bridgehead atoms. The Hall–Kier alpha value is -1.75. The van der Waals surface area contributed by atoms with Crippen LogP contribution in [0.15, 0.2) is 66.7 Å². The van der Waals surface area contributed by atoms with Crippen LogP contribution < -0.4 is 10.9 Å². The number of nitrogens with zero attached hydrogens (tertiary/aromatic N) is 1. The van der Waals surface area contributed by atoms with E-state index in [0.717, 1.165) is 0 Å². The summed E-state index contributed by atoms with van der Waals surface area (Å²) in [6.45, 7) is 2.68. The maximum atomic E-state index is 2.44. The van der Waals surface area contributed by atoms with E-state index in [1.807, 2.05) is 0 Å². The lowest BCUT2D eigenvalue weighted by Crippen LogP contribution is -2.41. The summed E-state index contributed by atoms with van der Waals surface area (Å²) in [5, 5.41) is 2.68. The molecule has 0 saturated heterocycles. The van der Waals surface area contributed by atoms with Crippen LogP contribution >= 0.6 is 22.6 Å². The van der Waals surface area contributed by atoms with Crippen molar-refractivity contribution in [3.8, 4) is 0 Å². The van der Waals surface area contributed by atoms with E-state index in [2.05, 4.69) is 108 Å². The minimum atomic E-state index is 0.370. The lowest BCUT2D eigenvalue weighted by atomic mass is 9.42. The van der Waals surface area contributed by atoms with Gasteiger partial charge in [-0.1, -0.05) is 72.3 Å². The van der Waals surface area contributed by atoms with Gasteiger partial charge < -0.3 is 4.57 Å². The average Bonchev–Trinajstić information content (AvgIpc) is 2.88. The number of hydrogen-bond donors (Lipinski definition) is 0. The zero-order valence-electron chi connectivity index (χ0n) is 13.3. The zero-order valence-corrected chi connectivity index (χ0v) is 15.4. The molecular weight excluding hydrogens is 392 g/mol. The average molecular weight is 409 g/mol. The van der Waals surface area contributed by atoms with Crippen molar-refractivity contribution >= 4 is 62.0 Å². The molecule has 1 nitrogen and oxygen atoms in total. The summed E-state index contributed by atoms with van der Waals surface area (Å²) in [7, 11) is 2.18. The third-order valence-electron chi connectivity index (χ3n) is 4.80. The van der Waals surface area contributed by atoms with Gasteiger partial charge in [-0.15, -0.1) is 0 Å². The third kappa shape index (κ3) is 2.29.